The van der Waals surface area contributed by atoms with E-state index in [2.05, 4.69) is 11.4 Å². The molecule has 27 heavy (non-hydrogen) atoms. The lowest BCUT2D eigenvalue weighted by atomic mass is 9.85. The Morgan fingerprint density at radius 3 is 2.52 bits per heavy atom. The third-order valence-corrected chi connectivity index (χ3v) is 7.20. The lowest BCUT2D eigenvalue weighted by Crippen LogP contribution is -2.51. The van der Waals surface area contributed by atoms with E-state index in [9.17, 15) is 9.59 Å². The Kier molecular flexibility index (Phi) is 5.16. The predicted molar refractivity (Wildman–Crippen MR) is 105 cm³/mol. The summed E-state index contributed by atoms with van der Waals surface area (Å²) < 4.78 is 6.29. The van der Waals surface area contributed by atoms with E-state index in [4.69, 9.17) is 4.74 Å². The van der Waals surface area contributed by atoms with Crippen LogP contribution in [0.2, 0.25) is 0 Å². The fourth-order valence-electron chi connectivity index (χ4n) is 4.38. The van der Waals surface area contributed by atoms with Crippen molar-refractivity contribution in [2.75, 3.05) is 32.8 Å². The van der Waals surface area contributed by atoms with Crippen LogP contribution in [0.5, 0.6) is 0 Å². The van der Waals surface area contributed by atoms with Gasteiger partial charge in [0.25, 0.3) is 5.91 Å². The van der Waals surface area contributed by atoms with Gasteiger partial charge in [-0.2, -0.15) is 0 Å². The smallest absolute Gasteiger partial charge is 0.317 e. The van der Waals surface area contributed by atoms with Gasteiger partial charge in [0.2, 0.25) is 0 Å². The number of hydrogen-bond acceptors (Lipinski definition) is 4. The van der Waals surface area contributed by atoms with Crippen molar-refractivity contribution < 1.29 is 14.3 Å². The summed E-state index contributed by atoms with van der Waals surface area (Å²) in [5.74, 6) is 0.177. The zero-order valence-electron chi connectivity index (χ0n) is 16.3. The van der Waals surface area contributed by atoms with Crippen LogP contribution in [0.1, 0.15) is 59.6 Å². The Morgan fingerprint density at radius 1 is 1.15 bits per heavy atom. The lowest BCUT2D eigenvalue weighted by molar-refractivity contribution is -0.0896. The number of amides is 3. The molecular weight excluding hydrogens is 362 g/mol. The van der Waals surface area contributed by atoms with Gasteiger partial charge in [0.1, 0.15) is 5.60 Å². The van der Waals surface area contributed by atoms with Crippen LogP contribution in [-0.4, -0.2) is 60.6 Å². The van der Waals surface area contributed by atoms with E-state index in [0.29, 0.717) is 19.7 Å². The van der Waals surface area contributed by atoms with Crippen LogP contribution in [0.3, 0.4) is 0 Å². The molecule has 3 aliphatic heterocycles. The fourth-order valence-corrected chi connectivity index (χ4v) is 5.76. The number of urea groups is 1. The molecule has 1 N–H and O–H groups in total. The van der Waals surface area contributed by atoms with Gasteiger partial charge in [-0.15, -0.1) is 11.3 Å². The van der Waals surface area contributed by atoms with E-state index in [1.807, 2.05) is 23.6 Å². The maximum absolute atomic E-state index is 12.8. The lowest BCUT2D eigenvalue weighted by Gasteiger charge is -2.43. The second-order valence-electron chi connectivity index (χ2n) is 8.15. The Morgan fingerprint density at radius 2 is 1.85 bits per heavy atom. The van der Waals surface area contributed by atoms with Gasteiger partial charge in [-0.3, -0.25) is 4.79 Å². The standard InChI is InChI=1S/C20H29N3O3S/c1-14(2)21-19(25)23-10-6-20(7-11-23)17-15(5-12-26-20)13-16(27-17)18(24)22-8-3-4-9-22/h13-14H,3-12H2,1-2H3,(H,21,25). The molecule has 0 radical (unpaired) electrons. The van der Waals surface area contributed by atoms with Gasteiger partial charge >= 0.3 is 6.03 Å². The number of nitrogens with one attached hydrogen (secondary N) is 1. The highest BCUT2D eigenvalue weighted by Crippen LogP contribution is 2.45. The van der Waals surface area contributed by atoms with E-state index in [1.165, 1.54) is 10.4 Å². The molecule has 1 spiro atoms. The van der Waals surface area contributed by atoms with Crippen molar-refractivity contribution in [1.29, 1.82) is 0 Å². The van der Waals surface area contributed by atoms with E-state index in [1.54, 1.807) is 11.3 Å². The summed E-state index contributed by atoms with van der Waals surface area (Å²) in [4.78, 5) is 31.0. The fraction of sp³-hybridized carbons (Fsp3) is 0.700. The van der Waals surface area contributed by atoms with Crippen LogP contribution in [0, 0.1) is 0 Å². The molecule has 6 nitrogen and oxygen atoms in total. The van der Waals surface area contributed by atoms with E-state index >= 15 is 0 Å². The molecule has 3 aliphatic rings. The summed E-state index contributed by atoms with van der Waals surface area (Å²) in [6.07, 6.45) is 4.68. The number of carbonyl (C=O) groups excluding carboxylic acids is 2. The molecule has 0 aliphatic carbocycles. The van der Waals surface area contributed by atoms with Crippen molar-refractivity contribution in [1.82, 2.24) is 15.1 Å². The molecule has 1 aromatic heterocycles. The van der Waals surface area contributed by atoms with Crippen molar-refractivity contribution in [2.24, 2.45) is 0 Å². The quantitative estimate of drug-likeness (QED) is 0.843. The molecular formula is C20H29N3O3S. The van der Waals surface area contributed by atoms with Gasteiger partial charge in [-0.25, -0.2) is 4.79 Å². The average Bonchev–Trinajstić information content (AvgIpc) is 3.32. The van der Waals surface area contributed by atoms with Crippen LogP contribution >= 0.6 is 11.3 Å². The zero-order valence-corrected chi connectivity index (χ0v) is 17.1. The number of likely N-dealkylation sites (tertiary alicyclic amines) is 2. The third-order valence-electron chi connectivity index (χ3n) is 5.85. The zero-order chi connectivity index (χ0) is 19.0. The molecule has 0 saturated carbocycles. The Hall–Kier alpha value is -1.60. The second kappa shape index (κ2) is 7.43. The van der Waals surface area contributed by atoms with Gasteiger partial charge in [0.05, 0.1) is 11.5 Å². The van der Waals surface area contributed by atoms with Gasteiger partial charge in [-0.1, -0.05) is 0 Å². The number of ether oxygens (including phenoxy) is 1. The normalized spacial score (nSPS) is 21.6. The molecule has 2 saturated heterocycles. The minimum Gasteiger partial charge on any atom is -0.369 e. The molecule has 2 fully saturated rings. The minimum absolute atomic E-state index is 0.00645. The maximum Gasteiger partial charge on any atom is 0.317 e. The summed E-state index contributed by atoms with van der Waals surface area (Å²) >= 11 is 1.62. The number of carbonyl (C=O) groups is 2. The molecule has 4 heterocycles. The van der Waals surface area contributed by atoms with Crippen molar-refractivity contribution in [3.63, 3.8) is 0 Å². The highest BCUT2D eigenvalue weighted by molar-refractivity contribution is 7.14. The van der Waals surface area contributed by atoms with Crippen molar-refractivity contribution in [3.8, 4) is 0 Å². The summed E-state index contributed by atoms with van der Waals surface area (Å²) in [5.41, 5.74) is 0.949. The molecule has 7 heteroatoms. The molecule has 0 atom stereocenters. The molecule has 3 amide bonds. The summed E-state index contributed by atoms with van der Waals surface area (Å²) in [6.45, 7) is 7.77. The Bertz CT molecular complexity index is 716. The summed E-state index contributed by atoms with van der Waals surface area (Å²) in [5, 5.41) is 2.97. The van der Waals surface area contributed by atoms with Crippen molar-refractivity contribution >= 4 is 23.3 Å². The first kappa shape index (κ1) is 18.7. The monoisotopic (exact) mass is 391 g/mol. The van der Waals surface area contributed by atoms with Gasteiger partial charge in [0.15, 0.2) is 0 Å². The molecule has 148 valence electrons. The number of piperidine rings is 1. The first-order valence-corrected chi connectivity index (χ1v) is 10.9. The van der Waals surface area contributed by atoms with E-state index in [-0.39, 0.29) is 23.6 Å². The largest absolute Gasteiger partial charge is 0.369 e. The number of nitrogens with zero attached hydrogens (tertiary/aromatic N) is 2. The van der Waals surface area contributed by atoms with Crippen molar-refractivity contribution in [3.05, 3.63) is 21.4 Å². The Balaban J connectivity index is 1.50. The first-order valence-electron chi connectivity index (χ1n) is 10.1. The number of fused-ring (bicyclic) bond motifs is 2. The van der Waals surface area contributed by atoms with Crippen LogP contribution in [-0.2, 0) is 16.8 Å². The van der Waals surface area contributed by atoms with E-state index < -0.39 is 0 Å². The Labute approximate surface area is 164 Å². The highest BCUT2D eigenvalue weighted by Gasteiger charge is 2.43. The van der Waals surface area contributed by atoms with Crippen LogP contribution in [0.25, 0.3) is 0 Å². The molecule has 4 rings (SSSR count). The van der Waals surface area contributed by atoms with Crippen molar-refractivity contribution in [2.45, 2.75) is 57.6 Å². The van der Waals surface area contributed by atoms with Gasteiger partial charge in [0, 0.05) is 37.1 Å². The molecule has 0 bridgehead atoms. The SMILES string of the molecule is CC(C)NC(=O)N1CCC2(CC1)OCCc1cc(C(=O)N3CCCC3)sc12. The van der Waals surface area contributed by atoms with Crippen LogP contribution in [0.4, 0.5) is 4.79 Å². The summed E-state index contributed by atoms with van der Waals surface area (Å²) in [6, 6.07) is 2.25. The third kappa shape index (κ3) is 3.59. The van der Waals surface area contributed by atoms with E-state index in [0.717, 1.165) is 50.1 Å². The minimum atomic E-state index is -0.323. The average molecular weight is 392 g/mol. The topological polar surface area (TPSA) is 61.9 Å². The van der Waals surface area contributed by atoms with Crippen LogP contribution < -0.4 is 5.32 Å². The molecule has 1 aromatic rings. The van der Waals surface area contributed by atoms with Crippen LogP contribution in [0.15, 0.2) is 6.07 Å². The predicted octanol–water partition coefficient (Wildman–Crippen LogP) is 2.97. The number of hydrogen-bond donors (Lipinski definition) is 1. The van der Waals surface area contributed by atoms with Gasteiger partial charge < -0.3 is 19.9 Å². The summed E-state index contributed by atoms with van der Waals surface area (Å²) in [7, 11) is 0. The maximum atomic E-state index is 12.8. The first-order chi connectivity index (χ1) is 13.0. The second-order valence-corrected chi connectivity index (χ2v) is 9.20. The number of rotatable bonds is 2. The molecule has 0 unspecified atom stereocenters. The van der Waals surface area contributed by atoms with Gasteiger partial charge in [-0.05, 0) is 57.6 Å². The highest BCUT2D eigenvalue weighted by atomic mass is 32.1. The number of thiophene rings is 1. The molecule has 0 aromatic carbocycles.